The van der Waals surface area contributed by atoms with Gasteiger partial charge in [-0.1, -0.05) is 6.92 Å². The Morgan fingerprint density at radius 2 is 1.75 bits per heavy atom. The van der Waals surface area contributed by atoms with E-state index in [4.69, 9.17) is 18.6 Å². The van der Waals surface area contributed by atoms with Gasteiger partial charge in [-0.25, -0.2) is 23.2 Å². The molecule has 0 aromatic rings. The molecule has 0 aromatic heterocycles. The fraction of sp³-hybridized carbons (Fsp3) is 0.900. The fourth-order valence-electron chi connectivity index (χ4n) is 2.33. The van der Waals surface area contributed by atoms with Crippen molar-refractivity contribution in [2.45, 2.75) is 39.0 Å². The van der Waals surface area contributed by atoms with E-state index in [1.54, 1.807) is 5.71 Å². The van der Waals surface area contributed by atoms with Crippen molar-refractivity contribution in [3.05, 3.63) is 0 Å². The Balaban J connectivity index is 0.000000221. The third-order valence-corrected chi connectivity index (χ3v) is 3.05. The maximum absolute atomic E-state index is 8.49. The van der Waals surface area contributed by atoms with Gasteiger partial charge in [0.2, 0.25) is 0 Å². The number of hydrogen-bond acceptors (Lipinski definition) is 4. The van der Waals surface area contributed by atoms with Gasteiger partial charge in [-0.2, -0.15) is 0 Å². The lowest BCUT2D eigenvalue weighted by atomic mass is 9.93. The number of halogens is 1. The zero-order valence-electron chi connectivity index (χ0n) is 9.49. The summed E-state index contributed by atoms with van der Waals surface area (Å²) in [7, 11) is -4.94. The first kappa shape index (κ1) is 13.9. The third-order valence-electron chi connectivity index (χ3n) is 3.05. The number of hydrogen-bond donors (Lipinski definition) is 0. The fourth-order valence-corrected chi connectivity index (χ4v) is 2.33. The SMILES string of the molecule is CC1CCC2=[N+](CCCC2)C1.[O-][Cl+3]([O-])([O-])[O-]. The van der Waals surface area contributed by atoms with Crippen LogP contribution in [0.3, 0.4) is 0 Å². The van der Waals surface area contributed by atoms with Gasteiger partial charge in [0.1, 0.15) is 13.1 Å². The molecule has 6 heteroatoms. The summed E-state index contributed by atoms with van der Waals surface area (Å²) in [6.45, 7) is 5.07. The van der Waals surface area contributed by atoms with Crippen LogP contribution in [0.15, 0.2) is 0 Å². The van der Waals surface area contributed by atoms with Crippen LogP contribution in [0, 0.1) is 16.2 Å². The van der Waals surface area contributed by atoms with Gasteiger partial charge in [0, 0.05) is 25.2 Å². The first-order chi connectivity index (χ1) is 7.36. The molecule has 2 aliphatic rings. The maximum Gasteiger partial charge on any atom is 0.152 e. The second kappa shape index (κ2) is 5.93. The highest BCUT2D eigenvalue weighted by Gasteiger charge is 2.26. The Kier molecular flexibility index (Phi) is 5.14. The van der Waals surface area contributed by atoms with E-state index in [1.807, 2.05) is 0 Å². The molecule has 0 saturated carbocycles. The monoisotopic (exact) mass is 251 g/mol. The third kappa shape index (κ3) is 5.77. The van der Waals surface area contributed by atoms with Crippen molar-refractivity contribution in [3.63, 3.8) is 0 Å². The zero-order valence-corrected chi connectivity index (χ0v) is 10.2. The molecule has 0 spiro atoms. The van der Waals surface area contributed by atoms with Gasteiger partial charge in [-0.15, -0.1) is 10.2 Å². The molecule has 0 saturated heterocycles. The van der Waals surface area contributed by atoms with Crippen molar-refractivity contribution in [1.29, 1.82) is 0 Å². The molecule has 94 valence electrons. The van der Waals surface area contributed by atoms with E-state index < -0.39 is 10.2 Å². The van der Waals surface area contributed by atoms with Crippen LogP contribution in [0.25, 0.3) is 0 Å². The molecule has 0 fully saturated rings. The molecule has 0 aromatic carbocycles. The Bertz CT molecular complexity index is 256. The van der Waals surface area contributed by atoms with Crippen LogP contribution in [0.1, 0.15) is 39.0 Å². The lowest BCUT2D eigenvalue weighted by Crippen LogP contribution is -2.68. The molecule has 0 radical (unpaired) electrons. The van der Waals surface area contributed by atoms with Crippen LogP contribution in [-0.4, -0.2) is 23.4 Å². The minimum atomic E-state index is -4.94. The van der Waals surface area contributed by atoms with E-state index in [0.29, 0.717) is 0 Å². The predicted octanol–water partition coefficient (Wildman–Crippen LogP) is -2.70. The summed E-state index contributed by atoms with van der Waals surface area (Å²) in [6.07, 6.45) is 7.09. The smallest absolute Gasteiger partial charge is 0.152 e. The van der Waals surface area contributed by atoms with Crippen LogP contribution >= 0.6 is 0 Å². The van der Waals surface area contributed by atoms with Crippen molar-refractivity contribution < 1.29 is 33.5 Å². The summed E-state index contributed by atoms with van der Waals surface area (Å²) in [5.74, 6) is 0.942. The lowest BCUT2D eigenvalue weighted by Gasteiger charge is -2.22. The predicted molar refractivity (Wildman–Crippen MR) is 47.3 cm³/mol. The van der Waals surface area contributed by atoms with E-state index in [9.17, 15) is 0 Å². The van der Waals surface area contributed by atoms with Crippen molar-refractivity contribution in [1.82, 2.24) is 0 Å². The topological polar surface area (TPSA) is 95.2 Å². The van der Waals surface area contributed by atoms with Gasteiger partial charge in [0.05, 0.1) is 0 Å². The van der Waals surface area contributed by atoms with Gasteiger partial charge in [0.25, 0.3) is 0 Å². The molecule has 2 heterocycles. The number of rotatable bonds is 0. The molecular weight excluding hydrogens is 234 g/mol. The maximum atomic E-state index is 8.49. The zero-order chi connectivity index (χ0) is 12.2. The van der Waals surface area contributed by atoms with Gasteiger partial charge >= 0.3 is 0 Å². The molecule has 0 amide bonds. The second-order valence-corrected chi connectivity index (χ2v) is 5.25. The summed E-state index contributed by atoms with van der Waals surface area (Å²) in [6, 6.07) is 0. The van der Waals surface area contributed by atoms with Gasteiger partial charge in [-0.3, -0.25) is 0 Å². The molecule has 5 nitrogen and oxygen atoms in total. The first-order valence-corrected chi connectivity index (χ1v) is 6.81. The highest BCUT2D eigenvalue weighted by molar-refractivity contribution is 5.80. The second-order valence-electron chi connectivity index (χ2n) is 4.49. The van der Waals surface area contributed by atoms with Crippen molar-refractivity contribution in [2.75, 3.05) is 13.1 Å². The largest absolute Gasteiger partial charge is 0.237 e. The molecule has 0 bridgehead atoms. The quantitative estimate of drug-likeness (QED) is 0.438. The van der Waals surface area contributed by atoms with Gasteiger partial charge < -0.3 is 0 Å². The van der Waals surface area contributed by atoms with Crippen LogP contribution in [0.4, 0.5) is 0 Å². The normalized spacial score (nSPS) is 25.7. The van der Waals surface area contributed by atoms with E-state index in [0.717, 1.165) is 5.92 Å². The van der Waals surface area contributed by atoms with Crippen molar-refractivity contribution >= 4 is 5.71 Å². The van der Waals surface area contributed by atoms with Gasteiger partial charge in [0.15, 0.2) is 5.71 Å². The average Bonchev–Trinajstić information content (AvgIpc) is 2.15. The van der Waals surface area contributed by atoms with E-state index in [2.05, 4.69) is 11.5 Å². The summed E-state index contributed by atoms with van der Waals surface area (Å²) < 4.78 is 36.6. The molecule has 0 N–H and O–H groups in total. The van der Waals surface area contributed by atoms with E-state index in [-0.39, 0.29) is 0 Å². The summed E-state index contributed by atoms with van der Waals surface area (Å²) in [4.78, 5) is 0. The molecule has 1 unspecified atom stereocenters. The lowest BCUT2D eigenvalue weighted by molar-refractivity contribution is -2.00. The Labute approximate surface area is 97.8 Å². The van der Waals surface area contributed by atoms with Crippen LogP contribution in [0.5, 0.6) is 0 Å². The van der Waals surface area contributed by atoms with Crippen molar-refractivity contribution in [2.24, 2.45) is 5.92 Å². The Morgan fingerprint density at radius 1 is 1.12 bits per heavy atom. The van der Waals surface area contributed by atoms with Crippen molar-refractivity contribution in [3.8, 4) is 0 Å². The highest BCUT2D eigenvalue weighted by atomic mass is 35.7. The molecule has 16 heavy (non-hydrogen) atoms. The molecule has 1 atom stereocenters. The summed E-state index contributed by atoms with van der Waals surface area (Å²) in [5.41, 5.74) is 1.76. The number of nitrogens with zero attached hydrogens (tertiary/aromatic N) is 1. The standard InChI is InChI=1S/C10H18N.ClHO4/c1-9-5-6-10-4-2-3-7-11(10)8-9;2-1(3,4)5/h9H,2-8H2,1H3;(H,2,3,4,5)/q+1;/p-1. The van der Waals surface area contributed by atoms with Crippen LogP contribution in [0.2, 0.25) is 0 Å². The Hall–Kier alpha value is -0.200. The minimum Gasteiger partial charge on any atom is -0.237 e. The molecular formula is C10H18ClNO4. The van der Waals surface area contributed by atoms with Crippen LogP contribution < -0.4 is 18.6 Å². The molecule has 2 rings (SSSR count). The molecule has 0 aliphatic carbocycles. The van der Waals surface area contributed by atoms with Gasteiger partial charge in [-0.05, 0) is 12.8 Å². The van der Waals surface area contributed by atoms with E-state index >= 15 is 0 Å². The summed E-state index contributed by atoms with van der Waals surface area (Å²) >= 11 is 0. The average molecular weight is 252 g/mol. The Morgan fingerprint density at radius 3 is 2.38 bits per heavy atom. The van der Waals surface area contributed by atoms with Crippen LogP contribution in [-0.2, 0) is 0 Å². The summed E-state index contributed by atoms with van der Waals surface area (Å²) in [5, 5.41) is 0. The molecule has 2 aliphatic heterocycles. The first-order valence-electron chi connectivity index (χ1n) is 5.57. The minimum absolute atomic E-state index is 0.942. The highest BCUT2D eigenvalue weighted by Crippen LogP contribution is 2.19. The van der Waals surface area contributed by atoms with E-state index in [1.165, 1.54) is 45.2 Å².